The summed E-state index contributed by atoms with van der Waals surface area (Å²) < 4.78 is 6.01. The second-order valence-corrected chi connectivity index (χ2v) is 13.0. The summed E-state index contributed by atoms with van der Waals surface area (Å²) >= 11 is 5.31. The lowest BCUT2D eigenvalue weighted by molar-refractivity contribution is 0.610. The Kier molecular flexibility index (Phi) is 4.24. The maximum Gasteiger partial charge on any atom is 0.180 e. The van der Waals surface area contributed by atoms with Crippen LogP contribution in [-0.4, -0.2) is 34.2 Å². The van der Waals surface area contributed by atoms with Gasteiger partial charge in [0, 0.05) is 6.04 Å². The topological polar surface area (TPSA) is 75.9 Å². The van der Waals surface area contributed by atoms with E-state index >= 15 is 0 Å². The Morgan fingerprint density at radius 2 is 1.96 bits per heavy atom. The van der Waals surface area contributed by atoms with E-state index in [1.165, 1.54) is 12.8 Å². The molecule has 134 valence electrons. The number of nitrogens with zero attached hydrogens (tertiary/aromatic N) is 3. The molecule has 2 N–H and O–H groups in total. The first-order valence-corrected chi connectivity index (χ1v) is 12.6. The van der Waals surface area contributed by atoms with E-state index in [4.69, 9.17) is 16.6 Å². The molecule has 0 saturated heterocycles. The largest absolute Gasteiger partial charge is 0.465 e. The summed E-state index contributed by atoms with van der Waals surface area (Å²) in [6, 6.07) is 8.24. The lowest BCUT2D eigenvalue weighted by Gasteiger charge is -2.11. The Morgan fingerprint density at radius 1 is 1.15 bits per heavy atom. The van der Waals surface area contributed by atoms with Crippen LogP contribution < -0.4 is 16.0 Å². The van der Waals surface area contributed by atoms with Gasteiger partial charge in [0.1, 0.15) is 25.1 Å². The molecule has 0 aliphatic heterocycles. The smallest absolute Gasteiger partial charge is 0.180 e. The molecule has 3 aromatic heterocycles. The van der Waals surface area contributed by atoms with Gasteiger partial charge in [0.25, 0.3) is 0 Å². The van der Waals surface area contributed by atoms with Gasteiger partial charge < -0.3 is 15.1 Å². The zero-order valence-electron chi connectivity index (χ0n) is 15.0. The number of furan rings is 1. The van der Waals surface area contributed by atoms with Crippen LogP contribution in [0.3, 0.4) is 0 Å². The van der Waals surface area contributed by atoms with Crippen molar-refractivity contribution < 1.29 is 4.42 Å². The summed E-state index contributed by atoms with van der Waals surface area (Å²) in [6.07, 6.45) is 4.07. The van der Waals surface area contributed by atoms with Crippen molar-refractivity contribution in [3.63, 3.8) is 0 Å². The number of rotatable bonds is 4. The van der Waals surface area contributed by atoms with Gasteiger partial charge in [-0.15, -0.1) is 0 Å². The third-order valence-electron chi connectivity index (χ3n) is 4.16. The van der Waals surface area contributed by atoms with E-state index in [0.29, 0.717) is 28.3 Å². The molecule has 0 radical (unpaired) electrons. The van der Waals surface area contributed by atoms with Crippen LogP contribution in [0.4, 0.5) is 5.82 Å². The molecular weight excluding hydrogens is 362 g/mol. The van der Waals surface area contributed by atoms with E-state index in [9.17, 15) is 0 Å². The highest BCUT2D eigenvalue weighted by Gasteiger charge is 2.22. The van der Waals surface area contributed by atoms with Crippen LogP contribution >= 0.6 is 12.2 Å². The van der Waals surface area contributed by atoms with Crippen LogP contribution in [0.5, 0.6) is 0 Å². The molecule has 1 fully saturated rings. The molecular formula is C18H21N5OSSi. The number of fused-ring (bicyclic) bond motifs is 1. The zero-order chi connectivity index (χ0) is 18.3. The van der Waals surface area contributed by atoms with Crippen LogP contribution in [0, 0.1) is 0 Å². The molecule has 3 aromatic rings. The molecule has 4 rings (SSSR count). The predicted molar refractivity (Wildman–Crippen MR) is 110 cm³/mol. The number of pyridine rings is 1. The summed E-state index contributed by atoms with van der Waals surface area (Å²) in [5.41, 5.74) is 1.98. The minimum absolute atomic E-state index is 0.501. The Morgan fingerprint density at radius 3 is 2.65 bits per heavy atom. The van der Waals surface area contributed by atoms with E-state index in [1.54, 1.807) is 6.20 Å². The van der Waals surface area contributed by atoms with Crippen LogP contribution in [-0.2, 0) is 0 Å². The number of nitrogens with one attached hydrogen (secondary N) is 2. The molecule has 0 spiro atoms. The molecule has 1 aliphatic carbocycles. The van der Waals surface area contributed by atoms with Gasteiger partial charge in [0.2, 0.25) is 0 Å². The highest BCUT2D eigenvalue weighted by atomic mass is 32.1. The summed E-state index contributed by atoms with van der Waals surface area (Å²) in [5, 5.41) is 7.99. The lowest BCUT2D eigenvalue weighted by Crippen LogP contribution is -2.36. The first kappa shape index (κ1) is 17.1. The van der Waals surface area contributed by atoms with Crippen molar-refractivity contribution in [1.29, 1.82) is 0 Å². The maximum absolute atomic E-state index is 6.01. The Hall–Kier alpha value is -2.32. The van der Waals surface area contributed by atoms with Gasteiger partial charge in [-0.2, -0.15) is 0 Å². The van der Waals surface area contributed by atoms with Crippen LogP contribution in [0.2, 0.25) is 19.6 Å². The molecule has 26 heavy (non-hydrogen) atoms. The number of hydrogen-bond donors (Lipinski definition) is 2. The van der Waals surface area contributed by atoms with E-state index in [-0.39, 0.29) is 0 Å². The monoisotopic (exact) mass is 383 g/mol. The predicted octanol–water partition coefficient (Wildman–Crippen LogP) is 3.28. The van der Waals surface area contributed by atoms with Crippen molar-refractivity contribution in [2.75, 3.05) is 5.32 Å². The van der Waals surface area contributed by atoms with E-state index < -0.39 is 8.07 Å². The molecule has 3 heterocycles. The summed E-state index contributed by atoms with van der Waals surface area (Å²) in [6.45, 7) is 6.75. The van der Waals surface area contributed by atoms with Crippen molar-refractivity contribution in [1.82, 2.24) is 20.3 Å². The Balaban J connectivity index is 1.60. The standard InChI is InChI=1S/C18H21N5OSSi/c1-26(2,3)16-9-7-14(24-16)13-10-19-12-6-8-15(22-17(12)21-13)23-18(25)20-11-4-5-11/h6-11H,4-5H2,1-3H3,(H2,20,21,22,23,25). The highest BCUT2D eigenvalue weighted by Crippen LogP contribution is 2.21. The van der Waals surface area contributed by atoms with Gasteiger partial charge in [-0.25, -0.2) is 9.97 Å². The quantitative estimate of drug-likeness (QED) is 0.529. The Bertz CT molecular complexity index is 977. The number of thiocarbonyl (C=S) groups is 1. The fraction of sp³-hybridized carbons (Fsp3) is 0.333. The van der Waals surface area contributed by atoms with Gasteiger partial charge in [-0.3, -0.25) is 4.98 Å². The second kappa shape index (κ2) is 6.44. The SMILES string of the molecule is C[Si](C)(C)c1ccc(-c2cnc3ccc(NC(=S)NC4CC4)nc3n2)o1. The lowest BCUT2D eigenvalue weighted by atomic mass is 10.3. The highest BCUT2D eigenvalue weighted by molar-refractivity contribution is 7.80. The molecule has 0 atom stereocenters. The zero-order valence-corrected chi connectivity index (χ0v) is 16.9. The van der Waals surface area contributed by atoms with Crippen molar-refractivity contribution in [2.24, 2.45) is 0 Å². The third-order valence-corrected chi connectivity index (χ3v) is 6.13. The fourth-order valence-corrected chi connectivity index (χ4v) is 3.80. The molecule has 8 heteroatoms. The van der Waals surface area contributed by atoms with Crippen molar-refractivity contribution in [3.8, 4) is 11.5 Å². The molecule has 0 bridgehead atoms. The average molecular weight is 384 g/mol. The van der Waals surface area contributed by atoms with Crippen molar-refractivity contribution in [3.05, 3.63) is 30.5 Å². The molecule has 1 aliphatic rings. The van der Waals surface area contributed by atoms with Gasteiger partial charge >= 0.3 is 0 Å². The first-order chi connectivity index (χ1) is 12.4. The minimum Gasteiger partial charge on any atom is -0.465 e. The Labute approximate surface area is 158 Å². The van der Waals surface area contributed by atoms with Crippen LogP contribution in [0.15, 0.2) is 34.9 Å². The molecule has 0 aromatic carbocycles. The van der Waals surface area contributed by atoms with E-state index in [2.05, 4.69) is 45.2 Å². The fourth-order valence-electron chi connectivity index (χ4n) is 2.53. The minimum atomic E-state index is -1.50. The van der Waals surface area contributed by atoms with E-state index in [1.807, 2.05) is 24.3 Å². The normalized spacial score (nSPS) is 14.4. The van der Waals surface area contributed by atoms with Crippen molar-refractivity contribution in [2.45, 2.75) is 38.5 Å². The van der Waals surface area contributed by atoms with Crippen LogP contribution in [0.25, 0.3) is 22.6 Å². The van der Waals surface area contributed by atoms with Crippen LogP contribution in [0.1, 0.15) is 12.8 Å². The number of anilines is 1. The summed E-state index contributed by atoms with van der Waals surface area (Å²) in [4.78, 5) is 13.6. The van der Waals surface area contributed by atoms with Gasteiger partial charge in [-0.1, -0.05) is 19.6 Å². The summed E-state index contributed by atoms with van der Waals surface area (Å²) in [7, 11) is -1.50. The second-order valence-electron chi connectivity index (χ2n) is 7.58. The summed E-state index contributed by atoms with van der Waals surface area (Å²) in [5.74, 6) is 1.38. The number of hydrogen-bond acceptors (Lipinski definition) is 5. The first-order valence-electron chi connectivity index (χ1n) is 8.70. The molecule has 0 unspecified atom stereocenters. The molecule has 6 nitrogen and oxygen atoms in total. The third kappa shape index (κ3) is 3.76. The van der Waals surface area contributed by atoms with Gasteiger partial charge in [0.15, 0.2) is 16.5 Å². The van der Waals surface area contributed by atoms with E-state index in [0.717, 1.165) is 16.7 Å². The number of aromatic nitrogens is 3. The maximum atomic E-state index is 6.01. The molecule has 0 amide bonds. The molecule has 1 saturated carbocycles. The van der Waals surface area contributed by atoms with Gasteiger partial charge in [0.05, 0.1) is 11.6 Å². The average Bonchev–Trinajstić information content (AvgIpc) is 3.24. The van der Waals surface area contributed by atoms with Crippen molar-refractivity contribution >= 4 is 47.8 Å². The van der Waals surface area contributed by atoms with Gasteiger partial charge in [-0.05, 0) is 49.3 Å².